The summed E-state index contributed by atoms with van der Waals surface area (Å²) in [7, 11) is 3.00. The molecule has 0 spiro atoms. The second kappa shape index (κ2) is 10.5. The van der Waals surface area contributed by atoms with Crippen LogP contribution in [0, 0.1) is 0 Å². The first-order valence-corrected chi connectivity index (χ1v) is 12.9. The summed E-state index contributed by atoms with van der Waals surface area (Å²) in [5.74, 6) is -1.28. The van der Waals surface area contributed by atoms with E-state index in [1.165, 1.54) is 55.2 Å². The van der Waals surface area contributed by atoms with Gasteiger partial charge in [0, 0.05) is 23.3 Å². The number of nitrogens with zero attached hydrogens (tertiary/aromatic N) is 5. The van der Waals surface area contributed by atoms with Gasteiger partial charge in [-0.2, -0.15) is 18.3 Å². The van der Waals surface area contributed by atoms with E-state index in [4.69, 9.17) is 21.1 Å². The first-order valence-electron chi connectivity index (χ1n) is 11.6. The predicted octanol–water partition coefficient (Wildman–Crippen LogP) is 5.82. The predicted molar refractivity (Wildman–Crippen MR) is 137 cm³/mol. The van der Waals surface area contributed by atoms with Crippen LogP contribution in [0.1, 0.15) is 50.1 Å². The molecule has 0 unspecified atom stereocenters. The van der Waals surface area contributed by atoms with Crippen LogP contribution in [-0.4, -0.2) is 49.8 Å². The first kappa shape index (κ1) is 26.9. The molecule has 0 radical (unpaired) electrons. The standard InChI is InChI=1S/C25H21ClF3N5O4S/c1-37-18-5-3-4-15(20(18)38-2)21-16-10-14(26)6-7-17(16)34-22(31-32-24(34)25(27,28)29)19(39-21)8-9-33-12-13(11-30-33)23(35)36/h3-7,10-12,19,21H,8-9H2,1-2H3,(H,35,36)/t19-,21-/m1/s1. The number of carboxylic acid groups (broad SMARTS) is 1. The number of fused-ring (bicyclic) bond motifs is 3. The Kier molecular flexibility index (Phi) is 7.21. The third-order valence-electron chi connectivity index (χ3n) is 6.26. The number of aromatic nitrogens is 5. The summed E-state index contributed by atoms with van der Waals surface area (Å²) in [6.45, 7) is 0.220. The zero-order chi connectivity index (χ0) is 27.9. The molecule has 0 amide bonds. The minimum Gasteiger partial charge on any atom is -0.493 e. The van der Waals surface area contributed by atoms with Crippen LogP contribution in [0.15, 0.2) is 48.8 Å². The van der Waals surface area contributed by atoms with Gasteiger partial charge in [0.2, 0.25) is 5.82 Å². The molecule has 14 heteroatoms. The minimum atomic E-state index is -4.77. The van der Waals surface area contributed by atoms with Gasteiger partial charge in [-0.1, -0.05) is 23.7 Å². The summed E-state index contributed by atoms with van der Waals surface area (Å²) >= 11 is 7.73. The van der Waals surface area contributed by atoms with Gasteiger partial charge in [0.1, 0.15) is 0 Å². The zero-order valence-electron chi connectivity index (χ0n) is 20.5. The number of thioether (sulfide) groups is 1. The lowest BCUT2D eigenvalue weighted by Gasteiger charge is -2.24. The zero-order valence-corrected chi connectivity index (χ0v) is 22.1. The molecule has 2 aromatic carbocycles. The molecule has 0 aliphatic carbocycles. The molecular weight excluding hydrogens is 559 g/mol. The Morgan fingerprint density at radius 1 is 1.15 bits per heavy atom. The van der Waals surface area contributed by atoms with Crippen LogP contribution in [0.4, 0.5) is 13.2 Å². The highest BCUT2D eigenvalue weighted by Crippen LogP contribution is 2.54. The van der Waals surface area contributed by atoms with E-state index >= 15 is 0 Å². The fourth-order valence-corrected chi connectivity index (χ4v) is 6.26. The Labute approximate surface area is 229 Å². The third kappa shape index (κ3) is 5.03. The molecule has 5 rings (SSSR count). The molecule has 1 aliphatic heterocycles. The van der Waals surface area contributed by atoms with Gasteiger partial charge in [-0.05, 0) is 36.2 Å². The molecule has 1 aliphatic rings. The normalized spacial score (nSPS) is 16.8. The number of hydrogen-bond acceptors (Lipinski definition) is 7. The van der Waals surface area contributed by atoms with Crippen molar-refractivity contribution in [1.29, 1.82) is 0 Å². The Hall–Kier alpha value is -3.71. The van der Waals surface area contributed by atoms with Crippen molar-refractivity contribution in [3.63, 3.8) is 0 Å². The van der Waals surface area contributed by atoms with Gasteiger partial charge < -0.3 is 14.6 Å². The summed E-state index contributed by atoms with van der Waals surface area (Å²) in [4.78, 5) is 11.3. The van der Waals surface area contributed by atoms with Crippen molar-refractivity contribution >= 4 is 29.3 Å². The van der Waals surface area contributed by atoms with E-state index < -0.39 is 28.5 Å². The molecule has 1 N–H and O–H groups in total. The molecule has 0 saturated carbocycles. The molecule has 2 atom stereocenters. The largest absolute Gasteiger partial charge is 0.493 e. The van der Waals surface area contributed by atoms with E-state index in [1.807, 2.05) is 6.07 Å². The fraction of sp³-hybridized carbons (Fsp3) is 0.280. The Balaban J connectivity index is 1.68. The maximum Gasteiger partial charge on any atom is 0.452 e. The van der Waals surface area contributed by atoms with Gasteiger partial charge in [0.05, 0.1) is 42.2 Å². The second-order valence-corrected chi connectivity index (χ2v) is 10.3. The molecule has 9 nitrogen and oxygen atoms in total. The second-order valence-electron chi connectivity index (χ2n) is 8.59. The Morgan fingerprint density at radius 2 is 1.95 bits per heavy atom. The topological polar surface area (TPSA) is 104 Å². The van der Waals surface area contributed by atoms with E-state index in [1.54, 1.807) is 18.2 Å². The molecule has 0 saturated heterocycles. The van der Waals surface area contributed by atoms with Gasteiger partial charge in [0.25, 0.3) is 0 Å². The van der Waals surface area contributed by atoms with Gasteiger partial charge >= 0.3 is 12.1 Å². The smallest absolute Gasteiger partial charge is 0.452 e. The summed E-state index contributed by atoms with van der Waals surface area (Å²) in [6.07, 6.45) is -1.92. The maximum absolute atomic E-state index is 14.1. The number of aryl methyl sites for hydroxylation is 1. The Bertz CT molecular complexity index is 1540. The highest BCUT2D eigenvalue weighted by Gasteiger charge is 2.43. The molecule has 2 aromatic heterocycles. The van der Waals surface area contributed by atoms with E-state index in [0.29, 0.717) is 27.6 Å². The Morgan fingerprint density at radius 3 is 2.62 bits per heavy atom. The van der Waals surface area contributed by atoms with Crippen molar-refractivity contribution in [2.24, 2.45) is 0 Å². The van der Waals surface area contributed by atoms with Crippen LogP contribution in [0.3, 0.4) is 0 Å². The first-order chi connectivity index (χ1) is 18.6. The number of alkyl halides is 3. The van der Waals surface area contributed by atoms with Gasteiger partial charge in [-0.3, -0.25) is 9.25 Å². The maximum atomic E-state index is 14.1. The number of carbonyl (C=O) groups is 1. The van der Waals surface area contributed by atoms with Crippen LogP contribution >= 0.6 is 23.4 Å². The SMILES string of the molecule is COc1cccc([C@H]2S[C@H](CCn3cc(C(=O)O)cn3)c3nnc(C(F)(F)F)n3-c3ccc(Cl)cc32)c1OC. The van der Waals surface area contributed by atoms with Crippen molar-refractivity contribution in [3.8, 4) is 17.2 Å². The molecule has 39 heavy (non-hydrogen) atoms. The summed E-state index contributed by atoms with van der Waals surface area (Å²) in [5.41, 5.74) is 1.44. The van der Waals surface area contributed by atoms with Crippen LogP contribution in [0.5, 0.6) is 11.5 Å². The number of methoxy groups -OCH3 is 2. The van der Waals surface area contributed by atoms with Crippen molar-refractivity contribution in [3.05, 3.63) is 82.2 Å². The molecule has 3 heterocycles. The number of para-hydroxylation sites is 1. The lowest BCUT2D eigenvalue weighted by Crippen LogP contribution is -2.16. The highest BCUT2D eigenvalue weighted by molar-refractivity contribution is 8.00. The van der Waals surface area contributed by atoms with E-state index in [2.05, 4.69) is 15.3 Å². The summed E-state index contributed by atoms with van der Waals surface area (Å²) in [5, 5.41) is 20.0. The lowest BCUT2D eigenvalue weighted by molar-refractivity contribution is -0.146. The molecule has 0 fully saturated rings. The van der Waals surface area contributed by atoms with Crippen molar-refractivity contribution < 1.29 is 32.5 Å². The van der Waals surface area contributed by atoms with Crippen LogP contribution < -0.4 is 9.47 Å². The van der Waals surface area contributed by atoms with E-state index in [9.17, 15) is 23.1 Å². The molecule has 4 aromatic rings. The van der Waals surface area contributed by atoms with Crippen LogP contribution in [-0.2, 0) is 12.7 Å². The number of benzene rings is 2. The highest BCUT2D eigenvalue weighted by atomic mass is 35.5. The number of rotatable bonds is 7. The van der Waals surface area contributed by atoms with Crippen molar-refractivity contribution in [2.75, 3.05) is 14.2 Å². The average Bonchev–Trinajstić information content (AvgIpc) is 3.54. The number of carboxylic acids is 1. The molecular formula is C25H21ClF3N5O4S. The average molecular weight is 580 g/mol. The number of aromatic carboxylic acids is 1. The van der Waals surface area contributed by atoms with Crippen LogP contribution in [0.2, 0.25) is 5.02 Å². The lowest BCUT2D eigenvalue weighted by atomic mass is 10.0. The molecule has 204 valence electrons. The number of halogens is 4. The van der Waals surface area contributed by atoms with Gasteiger partial charge in [-0.25, -0.2) is 4.79 Å². The fourth-order valence-electron chi connectivity index (χ4n) is 4.57. The summed E-state index contributed by atoms with van der Waals surface area (Å²) < 4.78 is 56.1. The summed E-state index contributed by atoms with van der Waals surface area (Å²) in [6, 6.07) is 10.0. The van der Waals surface area contributed by atoms with Crippen molar-refractivity contribution in [2.45, 2.75) is 29.6 Å². The quantitative estimate of drug-likeness (QED) is 0.292. The number of ether oxygens (including phenoxy) is 2. The van der Waals surface area contributed by atoms with Gasteiger partial charge in [-0.15, -0.1) is 22.0 Å². The van der Waals surface area contributed by atoms with Crippen molar-refractivity contribution in [1.82, 2.24) is 24.5 Å². The minimum absolute atomic E-state index is 0.00656. The molecule has 0 bridgehead atoms. The van der Waals surface area contributed by atoms with Crippen LogP contribution in [0.25, 0.3) is 5.69 Å². The van der Waals surface area contributed by atoms with Gasteiger partial charge in [0.15, 0.2) is 17.3 Å². The van der Waals surface area contributed by atoms with E-state index in [-0.39, 0.29) is 30.0 Å². The number of hydrogen-bond donors (Lipinski definition) is 1. The van der Waals surface area contributed by atoms with E-state index in [0.717, 1.165) is 4.57 Å². The third-order valence-corrected chi connectivity index (χ3v) is 8.05. The monoisotopic (exact) mass is 579 g/mol.